The third-order valence-electron chi connectivity index (χ3n) is 4.69. The summed E-state index contributed by atoms with van der Waals surface area (Å²) in [7, 11) is 0. The van der Waals surface area contributed by atoms with Crippen molar-refractivity contribution in [3.8, 4) is 11.4 Å². The van der Waals surface area contributed by atoms with Gasteiger partial charge in [-0.1, -0.05) is 6.07 Å². The van der Waals surface area contributed by atoms with Crippen LogP contribution in [0.1, 0.15) is 12.8 Å². The maximum atomic E-state index is 12.6. The van der Waals surface area contributed by atoms with Crippen molar-refractivity contribution in [3.63, 3.8) is 0 Å². The van der Waals surface area contributed by atoms with Crippen LogP contribution in [0, 0.1) is 5.92 Å². The Morgan fingerprint density at radius 1 is 1.30 bits per heavy atom. The Morgan fingerprint density at radius 2 is 2.26 bits per heavy atom. The molecule has 9 nitrogen and oxygen atoms in total. The van der Waals surface area contributed by atoms with Gasteiger partial charge in [-0.25, -0.2) is 9.67 Å². The van der Waals surface area contributed by atoms with E-state index in [0.29, 0.717) is 11.7 Å². The smallest absolute Gasteiger partial charge is 0.260 e. The third kappa shape index (κ3) is 4.30. The molecule has 3 aromatic rings. The first-order valence-electron chi connectivity index (χ1n) is 8.98. The van der Waals surface area contributed by atoms with E-state index in [9.17, 15) is 4.79 Å². The molecule has 1 saturated heterocycles. The lowest BCUT2D eigenvalue weighted by Gasteiger charge is -2.32. The van der Waals surface area contributed by atoms with Gasteiger partial charge < -0.3 is 14.2 Å². The fourth-order valence-electron chi connectivity index (χ4n) is 3.37. The maximum Gasteiger partial charge on any atom is 0.260 e. The summed E-state index contributed by atoms with van der Waals surface area (Å²) in [4.78, 5) is 18.6. The lowest BCUT2D eigenvalue weighted by atomic mass is 9.98. The molecule has 0 radical (unpaired) electrons. The van der Waals surface area contributed by atoms with Crippen molar-refractivity contribution >= 4 is 5.91 Å². The first-order chi connectivity index (χ1) is 13.3. The summed E-state index contributed by atoms with van der Waals surface area (Å²) in [6, 6.07) is 7.34. The average Bonchev–Trinajstić information content (AvgIpc) is 3.41. The molecule has 0 unspecified atom stereocenters. The van der Waals surface area contributed by atoms with Gasteiger partial charge in [0.1, 0.15) is 12.1 Å². The van der Waals surface area contributed by atoms with E-state index in [2.05, 4.69) is 25.1 Å². The minimum Gasteiger partial charge on any atom is -0.484 e. The molecule has 4 rings (SSSR count). The van der Waals surface area contributed by atoms with Crippen LogP contribution < -0.4 is 4.74 Å². The molecule has 0 aliphatic carbocycles. The first kappa shape index (κ1) is 17.2. The second-order valence-corrected chi connectivity index (χ2v) is 6.65. The topological polar surface area (TPSA) is 91.0 Å². The van der Waals surface area contributed by atoms with Crippen molar-refractivity contribution in [3.05, 3.63) is 49.3 Å². The minimum absolute atomic E-state index is 0.0122. The van der Waals surface area contributed by atoms with Crippen LogP contribution in [0.4, 0.5) is 0 Å². The first-order valence-corrected chi connectivity index (χ1v) is 8.98. The van der Waals surface area contributed by atoms with Crippen molar-refractivity contribution in [2.75, 3.05) is 19.7 Å². The molecule has 3 heterocycles. The van der Waals surface area contributed by atoms with Gasteiger partial charge in [0.25, 0.3) is 5.91 Å². The second kappa shape index (κ2) is 7.98. The van der Waals surface area contributed by atoms with E-state index < -0.39 is 0 Å². The van der Waals surface area contributed by atoms with Crippen molar-refractivity contribution in [2.24, 2.45) is 5.92 Å². The van der Waals surface area contributed by atoms with E-state index in [4.69, 9.17) is 4.74 Å². The number of tetrazole rings is 1. The summed E-state index contributed by atoms with van der Waals surface area (Å²) in [5, 5.41) is 11.1. The molecule has 1 atom stereocenters. The number of carbonyl (C=O) groups excluding carboxylic acids is 1. The van der Waals surface area contributed by atoms with Gasteiger partial charge in [0.15, 0.2) is 6.61 Å². The number of imidazole rings is 1. The Kier molecular flexibility index (Phi) is 5.08. The summed E-state index contributed by atoms with van der Waals surface area (Å²) < 4.78 is 9.32. The highest BCUT2D eigenvalue weighted by atomic mass is 16.5. The van der Waals surface area contributed by atoms with Crippen LogP contribution >= 0.6 is 0 Å². The van der Waals surface area contributed by atoms with Crippen LogP contribution in [-0.2, 0) is 11.3 Å². The number of aromatic nitrogens is 6. The molecular formula is C18H21N7O2. The molecule has 0 bridgehead atoms. The van der Waals surface area contributed by atoms with Crippen molar-refractivity contribution in [1.29, 1.82) is 0 Å². The van der Waals surface area contributed by atoms with Gasteiger partial charge in [-0.05, 0) is 41.3 Å². The number of nitrogens with zero attached hydrogens (tertiary/aromatic N) is 7. The summed E-state index contributed by atoms with van der Waals surface area (Å²) in [5.41, 5.74) is 0.781. The third-order valence-corrected chi connectivity index (χ3v) is 4.69. The number of ether oxygens (including phenoxy) is 1. The van der Waals surface area contributed by atoms with E-state index in [1.54, 1.807) is 10.9 Å². The van der Waals surface area contributed by atoms with Gasteiger partial charge in [-0.15, -0.1) is 5.10 Å². The normalized spacial score (nSPS) is 17.0. The highest BCUT2D eigenvalue weighted by Gasteiger charge is 2.24. The van der Waals surface area contributed by atoms with Gasteiger partial charge in [-0.3, -0.25) is 4.79 Å². The fourth-order valence-corrected chi connectivity index (χ4v) is 3.37. The zero-order chi connectivity index (χ0) is 18.5. The molecule has 1 amide bonds. The van der Waals surface area contributed by atoms with E-state index in [-0.39, 0.29) is 12.5 Å². The fraction of sp³-hybridized carbons (Fsp3) is 0.389. The molecule has 0 saturated carbocycles. The number of piperidine rings is 1. The Labute approximate surface area is 156 Å². The van der Waals surface area contributed by atoms with E-state index in [0.717, 1.165) is 38.2 Å². The predicted molar refractivity (Wildman–Crippen MR) is 96.2 cm³/mol. The van der Waals surface area contributed by atoms with Gasteiger partial charge in [-0.2, -0.15) is 0 Å². The zero-order valence-electron chi connectivity index (χ0n) is 14.9. The lowest BCUT2D eigenvalue weighted by molar-refractivity contribution is -0.135. The molecule has 2 aromatic heterocycles. The van der Waals surface area contributed by atoms with Gasteiger partial charge in [0.2, 0.25) is 0 Å². The van der Waals surface area contributed by atoms with Gasteiger partial charge in [0, 0.05) is 38.1 Å². The number of rotatable bonds is 6. The number of carbonyl (C=O) groups is 1. The largest absolute Gasteiger partial charge is 0.484 e. The Morgan fingerprint density at radius 3 is 3.07 bits per heavy atom. The molecular weight excluding hydrogens is 346 g/mol. The standard InChI is InChI=1S/C18H21N7O2/c26-18(24-7-2-3-15(11-24)10-23-8-6-19-13-23)12-27-17-5-1-4-16(9-17)25-14-20-21-22-25/h1,4-6,8-9,13-15H,2-3,7,10-12H2/t15-/m1/s1. The molecule has 1 aliphatic rings. The summed E-state index contributed by atoms with van der Waals surface area (Å²) >= 11 is 0. The molecule has 0 spiro atoms. The number of benzene rings is 1. The Hall–Kier alpha value is -3.23. The molecule has 27 heavy (non-hydrogen) atoms. The number of hydrogen-bond donors (Lipinski definition) is 0. The van der Waals surface area contributed by atoms with Crippen molar-refractivity contribution in [2.45, 2.75) is 19.4 Å². The minimum atomic E-state index is 0.0122. The molecule has 1 aromatic carbocycles. The Balaban J connectivity index is 1.32. The van der Waals surface area contributed by atoms with Gasteiger partial charge >= 0.3 is 0 Å². The monoisotopic (exact) mass is 367 g/mol. The summed E-state index contributed by atoms with van der Waals surface area (Å²) in [6.45, 7) is 2.45. The predicted octanol–water partition coefficient (Wildman–Crippen LogP) is 1.18. The van der Waals surface area contributed by atoms with Crippen LogP contribution in [0.2, 0.25) is 0 Å². The van der Waals surface area contributed by atoms with Crippen molar-refractivity contribution < 1.29 is 9.53 Å². The highest BCUT2D eigenvalue weighted by molar-refractivity contribution is 5.77. The number of hydrogen-bond acceptors (Lipinski definition) is 6. The zero-order valence-corrected chi connectivity index (χ0v) is 14.9. The Bertz CT molecular complexity index is 864. The average molecular weight is 367 g/mol. The quantitative estimate of drug-likeness (QED) is 0.650. The van der Waals surface area contributed by atoms with Crippen LogP contribution in [0.15, 0.2) is 49.3 Å². The highest BCUT2D eigenvalue weighted by Crippen LogP contribution is 2.19. The maximum absolute atomic E-state index is 12.6. The number of amides is 1. The number of likely N-dealkylation sites (tertiary alicyclic amines) is 1. The summed E-state index contributed by atoms with van der Waals surface area (Å²) in [6.07, 6.45) is 9.21. The molecule has 140 valence electrons. The van der Waals surface area contributed by atoms with E-state index >= 15 is 0 Å². The summed E-state index contributed by atoms with van der Waals surface area (Å²) in [5.74, 6) is 1.07. The van der Waals surface area contributed by atoms with Crippen molar-refractivity contribution in [1.82, 2.24) is 34.7 Å². The molecule has 1 fully saturated rings. The van der Waals surface area contributed by atoms with Crippen LogP contribution in [0.3, 0.4) is 0 Å². The molecule has 0 N–H and O–H groups in total. The van der Waals surface area contributed by atoms with Crippen LogP contribution in [0.5, 0.6) is 5.75 Å². The van der Waals surface area contributed by atoms with E-state index in [1.807, 2.05) is 41.7 Å². The van der Waals surface area contributed by atoms with E-state index in [1.165, 1.54) is 6.33 Å². The molecule has 1 aliphatic heterocycles. The lowest BCUT2D eigenvalue weighted by Crippen LogP contribution is -2.43. The van der Waals surface area contributed by atoms with Crippen LogP contribution in [-0.4, -0.2) is 60.3 Å². The second-order valence-electron chi connectivity index (χ2n) is 6.65. The molecule has 9 heteroatoms. The van der Waals surface area contributed by atoms with Gasteiger partial charge in [0.05, 0.1) is 12.0 Å². The SMILES string of the molecule is O=C(COc1cccc(-n2cnnn2)c1)N1CCC[C@H](Cn2ccnc2)C1. The van der Waals surface area contributed by atoms with Crippen LogP contribution in [0.25, 0.3) is 5.69 Å².